The van der Waals surface area contributed by atoms with E-state index < -0.39 is 17.3 Å². The lowest BCUT2D eigenvalue weighted by atomic mass is 9.89. The van der Waals surface area contributed by atoms with Gasteiger partial charge in [-0.3, -0.25) is 4.98 Å². The summed E-state index contributed by atoms with van der Waals surface area (Å²) >= 11 is 0. The van der Waals surface area contributed by atoms with Crippen molar-refractivity contribution in [2.24, 2.45) is 0 Å². The molecule has 0 amide bonds. The first-order valence-electron chi connectivity index (χ1n) is 11.2. The van der Waals surface area contributed by atoms with Gasteiger partial charge in [0.15, 0.2) is 0 Å². The highest BCUT2D eigenvalue weighted by atomic mass is 19.4. The monoisotopic (exact) mass is 481 g/mol. The highest BCUT2D eigenvalue weighted by molar-refractivity contribution is 5.64. The van der Waals surface area contributed by atoms with Gasteiger partial charge in [-0.25, -0.2) is 0 Å². The largest absolute Gasteiger partial charge is 0.416 e. The number of alkyl halides is 3. The molecule has 1 aliphatic rings. The molecule has 0 aliphatic carbocycles. The highest BCUT2D eigenvalue weighted by Crippen LogP contribution is 2.40. The van der Waals surface area contributed by atoms with Gasteiger partial charge in [0.1, 0.15) is 5.60 Å². The third-order valence-electron chi connectivity index (χ3n) is 6.13. The Morgan fingerprint density at radius 3 is 2.54 bits per heavy atom. The van der Waals surface area contributed by atoms with Gasteiger partial charge >= 0.3 is 6.18 Å². The number of ether oxygens (including phenoxy) is 2. The second-order valence-electron chi connectivity index (χ2n) is 8.97. The van der Waals surface area contributed by atoms with Gasteiger partial charge < -0.3 is 14.4 Å². The lowest BCUT2D eigenvalue weighted by Crippen LogP contribution is -2.35. The minimum Gasteiger partial charge on any atom is -0.373 e. The normalized spacial score (nSPS) is 17.4. The molecule has 1 unspecified atom stereocenters. The number of nitrogens with zero attached hydrogens (tertiary/aromatic N) is 3. The van der Waals surface area contributed by atoms with E-state index in [1.165, 1.54) is 0 Å². The molecular formula is C27H26F3N3O2. The van der Waals surface area contributed by atoms with E-state index in [1.54, 1.807) is 36.7 Å². The second kappa shape index (κ2) is 10.2. The highest BCUT2D eigenvalue weighted by Gasteiger charge is 2.40. The molecule has 0 N–H and O–H groups in total. The number of hydrogen-bond donors (Lipinski definition) is 0. The topological polar surface area (TPSA) is 58.4 Å². The second-order valence-corrected chi connectivity index (χ2v) is 8.97. The van der Waals surface area contributed by atoms with Crippen LogP contribution in [0.3, 0.4) is 0 Å². The van der Waals surface area contributed by atoms with Crippen molar-refractivity contribution in [3.63, 3.8) is 0 Å². The molecule has 4 rings (SSSR count). The number of nitriles is 1. The van der Waals surface area contributed by atoms with Crippen LogP contribution < -0.4 is 0 Å². The predicted octanol–water partition coefficient (Wildman–Crippen LogP) is 5.53. The molecule has 1 atom stereocenters. The summed E-state index contributed by atoms with van der Waals surface area (Å²) in [7, 11) is 3.93. The van der Waals surface area contributed by atoms with Gasteiger partial charge in [-0.15, -0.1) is 0 Å². The van der Waals surface area contributed by atoms with Crippen molar-refractivity contribution in [1.82, 2.24) is 9.88 Å². The fourth-order valence-corrected chi connectivity index (χ4v) is 4.31. The van der Waals surface area contributed by atoms with Crippen molar-refractivity contribution in [1.29, 1.82) is 5.26 Å². The number of aromatic nitrogens is 1. The van der Waals surface area contributed by atoms with Crippen molar-refractivity contribution in [3.05, 3.63) is 88.7 Å². The molecule has 2 heterocycles. The lowest BCUT2D eigenvalue weighted by Gasteiger charge is -2.31. The van der Waals surface area contributed by atoms with E-state index in [0.29, 0.717) is 35.3 Å². The zero-order valence-corrected chi connectivity index (χ0v) is 19.6. The Morgan fingerprint density at radius 2 is 1.86 bits per heavy atom. The summed E-state index contributed by atoms with van der Waals surface area (Å²) in [5.74, 6) is 0. The number of fused-ring (bicyclic) bond motifs is 1. The quantitative estimate of drug-likeness (QED) is 0.423. The first-order chi connectivity index (χ1) is 16.7. The summed E-state index contributed by atoms with van der Waals surface area (Å²) < 4.78 is 53.0. The SMILES string of the molecule is CN(C)CCC1(COCc2cc(-c3ccncc3)cc(C(F)(F)F)c2)OCc2cc(C#N)ccc21. The van der Waals surface area contributed by atoms with Gasteiger partial charge in [0.25, 0.3) is 0 Å². The molecule has 0 fully saturated rings. The van der Waals surface area contributed by atoms with Crippen LogP contribution >= 0.6 is 0 Å². The van der Waals surface area contributed by atoms with Gasteiger partial charge in [0.05, 0.1) is 37.0 Å². The number of hydrogen-bond acceptors (Lipinski definition) is 5. The Morgan fingerprint density at radius 1 is 1.09 bits per heavy atom. The molecule has 1 aliphatic heterocycles. The van der Waals surface area contributed by atoms with Crippen LogP contribution in [0.5, 0.6) is 0 Å². The molecule has 2 aromatic carbocycles. The zero-order chi connectivity index (χ0) is 25.1. The van der Waals surface area contributed by atoms with Crippen molar-refractivity contribution in [2.75, 3.05) is 27.2 Å². The molecule has 0 saturated heterocycles. The van der Waals surface area contributed by atoms with E-state index in [9.17, 15) is 18.4 Å². The van der Waals surface area contributed by atoms with E-state index in [1.807, 2.05) is 31.1 Å². The van der Waals surface area contributed by atoms with Crippen molar-refractivity contribution in [2.45, 2.75) is 31.4 Å². The maximum atomic E-state index is 13.6. The van der Waals surface area contributed by atoms with Crippen LogP contribution in [0.1, 0.15) is 34.2 Å². The lowest BCUT2D eigenvalue weighted by molar-refractivity contribution is -0.137. The number of rotatable bonds is 8. The predicted molar refractivity (Wildman–Crippen MR) is 125 cm³/mol. The van der Waals surface area contributed by atoms with Crippen molar-refractivity contribution >= 4 is 0 Å². The van der Waals surface area contributed by atoms with Crippen molar-refractivity contribution < 1.29 is 22.6 Å². The summed E-state index contributed by atoms with van der Waals surface area (Å²) in [5, 5.41) is 9.22. The van der Waals surface area contributed by atoms with E-state index in [2.05, 4.69) is 11.1 Å². The number of halogens is 3. The van der Waals surface area contributed by atoms with Crippen LogP contribution in [-0.2, 0) is 34.5 Å². The smallest absolute Gasteiger partial charge is 0.373 e. The molecular weight excluding hydrogens is 455 g/mol. The molecule has 35 heavy (non-hydrogen) atoms. The Labute approximate surface area is 202 Å². The van der Waals surface area contributed by atoms with Gasteiger partial charge in [-0.2, -0.15) is 18.4 Å². The van der Waals surface area contributed by atoms with E-state index in [-0.39, 0.29) is 13.2 Å². The summed E-state index contributed by atoms with van der Waals surface area (Å²) in [6, 6.07) is 14.9. The van der Waals surface area contributed by atoms with E-state index in [4.69, 9.17) is 9.47 Å². The Kier molecular flexibility index (Phi) is 7.22. The summed E-state index contributed by atoms with van der Waals surface area (Å²) in [6.45, 7) is 1.28. The minimum atomic E-state index is -4.48. The van der Waals surface area contributed by atoms with Crippen LogP contribution in [0.2, 0.25) is 0 Å². The van der Waals surface area contributed by atoms with Crippen LogP contribution in [0.25, 0.3) is 11.1 Å². The van der Waals surface area contributed by atoms with Crippen LogP contribution in [0, 0.1) is 11.3 Å². The number of pyridine rings is 1. The van der Waals surface area contributed by atoms with Crippen molar-refractivity contribution in [3.8, 4) is 17.2 Å². The zero-order valence-electron chi connectivity index (χ0n) is 19.6. The fraction of sp³-hybridized carbons (Fsp3) is 0.333. The third-order valence-corrected chi connectivity index (χ3v) is 6.13. The Hall–Kier alpha value is -3.25. The molecule has 8 heteroatoms. The average Bonchev–Trinajstić information content (AvgIpc) is 3.20. The Bertz CT molecular complexity index is 1220. The summed E-state index contributed by atoms with van der Waals surface area (Å²) in [4.78, 5) is 5.99. The maximum absolute atomic E-state index is 13.6. The van der Waals surface area contributed by atoms with Crippen LogP contribution in [0.15, 0.2) is 60.9 Å². The Balaban J connectivity index is 1.58. The van der Waals surface area contributed by atoms with Gasteiger partial charge in [0.2, 0.25) is 0 Å². The van der Waals surface area contributed by atoms with Gasteiger partial charge in [0, 0.05) is 18.9 Å². The fourth-order valence-electron chi connectivity index (χ4n) is 4.31. The summed E-state index contributed by atoms with van der Waals surface area (Å²) in [5.41, 5.74) is 2.52. The van der Waals surface area contributed by atoms with Crippen LogP contribution in [-0.4, -0.2) is 37.1 Å². The number of benzene rings is 2. The third kappa shape index (κ3) is 5.70. The standard InChI is InChI=1S/C27H26F3N3O2/c1-33(2)10-7-26(25-4-3-19(15-31)11-23(25)17-35-26)18-34-16-20-12-22(21-5-8-32-9-6-21)14-24(13-20)27(28,29)30/h3-6,8-9,11-14H,7,10,16-18H2,1-2H3. The molecule has 0 spiro atoms. The molecule has 182 valence electrons. The molecule has 5 nitrogen and oxygen atoms in total. The maximum Gasteiger partial charge on any atom is 0.416 e. The first kappa shape index (κ1) is 24.9. The molecule has 0 saturated carbocycles. The molecule has 0 bridgehead atoms. The summed E-state index contributed by atoms with van der Waals surface area (Å²) in [6.07, 6.45) is -0.736. The van der Waals surface area contributed by atoms with Gasteiger partial charge in [-0.1, -0.05) is 6.07 Å². The van der Waals surface area contributed by atoms with Gasteiger partial charge in [-0.05, 0) is 90.8 Å². The first-order valence-corrected chi connectivity index (χ1v) is 11.2. The van der Waals surface area contributed by atoms with E-state index >= 15 is 0 Å². The molecule has 1 aromatic heterocycles. The molecule has 3 aromatic rings. The minimum absolute atomic E-state index is 0.000685. The van der Waals surface area contributed by atoms with E-state index in [0.717, 1.165) is 29.8 Å². The average molecular weight is 482 g/mol. The van der Waals surface area contributed by atoms with Crippen LogP contribution in [0.4, 0.5) is 13.2 Å². The molecule has 0 radical (unpaired) electrons.